The highest BCUT2D eigenvalue weighted by molar-refractivity contribution is 6.43. The monoisotopic (exact) mass is 366 g/mol. The number of carbonyl (C=O) groups is 1. The number of aromatic nitrogens is 1. The van der Waals surface area contributed by atoms with E-state index >= 15 is 0 Å². The summed E-state index contributed by atoms with van der Waals surface area (Å²) in [7, 11) is 4.01. The van der Waals surface area contributed by atoms with Crippen molar-refractivity contribution >= 4 is 40.6 Å². The number of hydrogen-bond donors (Lipinski definition) is 2. The summed E-state index contributed by atoms with van der Waals surface area (Å²) in [5.74, 6) is 0.455. The molecule has 0 aliphatic carbocycles. The Kier molecular flexibility index (Phi) is 6.85. The number of pyridine rings is 1. The van der Waals surface area contributed by atoms with Crippen molar-refractivity contribution in [1.82, 2.24) is 15.2 Å². The van der Waals surface area contributed by atoms with Crippen molar-refractivity contribution in [2.75, 3.05) is 32.5 Å². The van der Waals surface area contributed by atoms with E-state index in [1.54, 1.807) is 30.3 Å². The smallest absolute Gasteiger partial charge is 0.252 e. The maximum Gasteiger partial charge on any atom is 0.252 e. The first-order chi connectivity index (χ1) is 11.5. The lowest BCUT2D eigenvalue weighted by Crippen LogP contribution is -2.27. The van der Waals surface area contributed by atoms with Gasteiger partial charge in [-0.15, -0.1) is 0 Å². The van der Waals surface area contributed by atoms with Crippen LogP contribution in [0.5, 0.6) is 0 Å². The van der Waals surface area contributed by atoms with Gasteiger partial charge in [-0.3, -0.25) is 4.79 Å². The summed E-state index contributed by atoms with van der Waals surface area (Å²) in [6.07, 6.45) is 2.43. The minimum atomic E-state index is -0.131. The Labute approximate surface area is 152 Å². The largest absolute Gasteiger partial charge is 0.352 e. The van der Waals surface area contributed by atoms with Gasteiger partial charge < -0.3 is 15.5 Å². The number of nitrogens with zero attached hydrogens (tertiary/aromatic N) is 2. The third-order valence-corrected chi connectivity index (χ3v) is 4.13. The molecule has 1 heterocycles. The fourth-order valence-corrected chi connectivity index (χ4v) is 2.39. The van der Waals surface area contributed by atoms with Crippen LogP contribution < -0.4 is 10.6 Å². The molecular formula is C17H20Cl2N4O. The van der Waals surface area contributed by atoms with Crippen molar-refractivity contribution in [3.05, 3.63) is 52.1 Å². The Bertz CT molecular complexity index is 689. The summed E-state index contributed by atoms with van der Waals surface area (Å²) in [6.45, 7) is 1.57. The predicted octanol–water partition coefficient (Wildman–Crippen LogP) is 3.81. The van der Waals surface area contributed by atoms with Gasteiger partial charge in [0.2, 0.25) is 0 Å². The van der Waals surface area contributed by atoms with Gasteiger partial charge in [0.25, 0.3) is 5.91 Å². The molecule has 128 valence electrons. The van der Waals surface area contributed by atoms with Gasteiger partial charge in [0, 0.05) is 12.7 Å². The molecule has 0 saturated carbocycles. The number of hydrogen-bond acceptors (Lipinski definition) is 4. The summed E-state index contributed by atoms with van der Waals surface area (Å²) in [4.78, 5) is 18.4. The zero-order valence-electron chi connectivity index (χ0n) is 13.6. The molecule has 5 nitrogen and oxygen atoms in total. The molecule has 1 aromatic heterocycles. The Balaban J connectivity index is 1.93. The molecule has 0 aliphatic heterocycles. The molecule has 7 heteroatoms. The number of carbonyl (C=O) groups excluding carboxylic acids is 1. The van der Waals surface area contributed by atoms with Crippen molar-refractivity contribution in [2.45, 2.75) is 6.42 Å². The quantitative estimate of drug-likeness (QED) is 0.731. The van der Waals surface area contributed by atoms with Gasteiger partial charge in [-0.1, -0.05) is 29.3 Å². The van der Waals surface area contributed by atoms with Crippen LogP contribution in [-0.2, 0) is 0 Å². The van der Waals surface area contributed by atoms with Crippen LogP contribution in [0.4, 0.5) is 11.5 Å². The Morgan fingerprint density at radius 1 is 1.21 bits per heavy atom. The summed E-state index contributed by atoms with van der Waals surface area (Å²) in [5.41, 5.74) is 1.18. The second kappa shape index (κ2) is 8.87. The van der Waals surface area contributed by atoms with Gasteiger partial charge in [0.05, 0.1) is 21.3 Å². The van der Waals surface area contributed by atoms with Crippen molar-refractivity contribution in [1.29, 1.82) is 0 Å². The first-order valence-electron chi connectivity index (χ1n) is 7.57. The van der Waals surface area contributed by atoms with Crippen LogP contribution in [0.25, 0.3) is 0 Å². The summed E-state index contributed by atoms with van der Waals surface area (Å²) >= 11 is 12.1. The van der Waals surface area contributed by atoms with Crippen LogP contribution in [0.15, 0.2) is 36.5 Å². The SMILES string of the molecule is CN(C)CCCNC(=O)c1ccc(Nc2cccc(Cl)c2Cl)nc1. The Morgan fingerprint density at radius 3 is 2.67 bits per heavy atom. The first-order valence-corrected chi connectivity index (χ1v) is 8.33. The van der Waals surface area contributed by atoms with Gasteiger partial charge in [-0.25, -0.2) is 4.98 Å². The maximum atomic E-state index is 12.0. The van der Waals surface area contributed by atoms with E-state index < -0.39 is 0 Å². The minimum absolute atomic E-state index is 0.131. The lowest BCUT2D eigenvalue weighted by atomic mass is 10.2. The summed E-state index contributed by atoms with van der Waals surface area (Å²) < 4.78 is 0. The third-order valence-electron chi connectivity index (χ3n) is 3.31. The van der Waals surface area contributed by atoms with Gasteiger partial charge in [-0.05, 0) is 51.3 Å². The molecule has 1 aromatic carbocycles. The molecule has 2 aromatic rings. The number of amides is 1. The first kappa shape index (κ1) is 18.5. The topological polar surface area (TPSA) is 57.3 Å². The molecule has 0 atom stereocenters. The molecular weight excluding hydrogens is 347 g/mol. The van der Waals surface area contributed by atoms with Crippen molar-refractivity contribution in [2.24, 2.45) is 0 Å². The molecule has 0 fully saturated rings. The van der Waals surface area contributed by atoms with Gasteiger partial charge in [0.15, 0.2) is 0 Å². The molecule has 0 bridgehead atoms. The van der Waals surface area contributed by atoms with Gasteiger partial charge >= 0.3 is 0 Å². The van der Waals surface area contributed by atoms with Crippen LogP contribution in [0.1, 0.15) is 16.8 Å². The second-order valence-electron chi connectivity index (χ2n) is 5.57. The number of rotatable bonds is 7. The van der Waals surface area contributed by atoms with Gasteiger partial charge in [-0.2, -0.15) is 0 Å². The summed E-state index contributed by atoms with van der Waals surface area (Å²) in [6, 6.07) is 8.76. The standard InChI is InChI=1S/C17H20Cl2N4O/c1-23(2)10-4-9-20-17(24)12-7-8-15(21-11-12)22-14-6-3-5-13(18)16(14)19/h3,5-8,11H,4,9-10H2,1-2H3,(H,20,24)(H,21,22). The summed E-state index contributed by atoms with van der Waals surface area (Å²) in [5, 5.41) is 6.86. The highest BCUT2D eigenvalue weighted by atomic mass is 35.5. The fourth-order valence-electron chi connectivity index (χ4n) is 2.04. The van der Waals surface area contributed by atoms with Crippen molar-refractivity contribution in [3.8, 4) is 0 Å². The molecule has 0 aliphatic rings. The zero-order valence-corrected chi connectivity index (χ0v) is 15.2. The van der Waals surface area contributed by atoms with Gasteiger partial charge in [0.1, 0.15) is 5.82 Å². The number of benzene rings is 1. The number of halogens is 2. The molecule has 2 rings (SSSR count). The van der Waals surface area contributed by atoms with E-state index in [0.717, 1.165) is 13.0 Å². The van der Waals surface area contributed by atoms with E-state index in [1.807, 2.05) is 14.1 Å². The van der Waals surface area contributed by atoms with E-state index in [0.29, 0.717) is 33.7 Å². The van der Waals surface area contributed by atoms with Crippen LogP contribution in [-0.4, -0.2) is 43.0 Å². The van der Waals surface area contributed by atoms with E-state index in [2.05, 4.69) is 20.5 Å². The second-order valence-corrected chi connectivity index (χ2v) is 6.36. The highest BCUT2D eigenvalue weighted by Crippen LogP contribution is 2.31. The molecule has 0 saturated heterocycles. The van der Waals surface area contributed by atoms with Crippen molar-refractivity contribution < 1.29 is 4.79 Å². The average molecular weight is 367 g/mol. The van der Waals surface area contributed by atoms with E-state index in [1.165, 1.54) is 6.20 Å². The molecule has 0 unspecified atom stereocenters. The average Bonchev–Trinajstić information content (AvgIpc) is 2.56. The fraction of sp³-hybridized carbons (Fsp3) is 0.294. The maximum absolute atomic E-state index is 12.0. The normalized spacial score (nSPS) is 10.7. The molecule has 2 N–H and O–H groups in total. The van der Waals surface area contributed by atoms with Crippen LogP contribution >= 0.6 is 23.2 Å². The van der Waals surface area contributed by atoms with Crippen molar-refractivity contribution in [3.63, 3.8) is 0 Å². The Hall–Kier alpha value is -1.82. The van der Waals surface area contributed by atoms with E-state index in [-0.39, 0.29) is 5.91 Å². The number of anilines is 2. The van der Waals surface area contributed by atoms with Crippen LogP contribution in [0.3, 0.4) is 0 Å². The predicted molar refractivity (Wildman–Crippen MR) is 99.5 cm³/mol. The molecule has 0 spiro atoms. The minimum Gasteiger partial charge on any atom is -0.352 e. The highest BCUT2D eigenvalue weighted by Gasteiger charge is 2.08. The Morgan fingerprint density at radius 2 is 2.00 bits per heavy atom. The third kappa shape index (κ3) is 5.37. The van der Waals surface area contributed by atoms with Crippen LogP contribution in [0, 0.1) is 0 Å². The molecule has 24 heavy (non-hydrogen) atoms. The lowest BCUT2D eigenvalue weighted by molar-refractivity contribution is 0.0952. The number of nitrogens with one attached hydrogen (secondary N) is 2. The molecule has 0 radical (unpaired) electrons. The molecule has 1 amide bonds. The van der Waals surface area contributed by atoms with Crippen LogP contribution in [0.2, 0.25) is 10.0 Å². The van der Waals surface area contributed by atoms with E-state index in [9.17, 15) is 4.79 Å². The van der Waals surface area contributed by atoms with E-state index in [4.69, 9.17) is 23.2 Å². The lowest BCUT2D eigenvalue weighted by Gasteiger charge is -2.11. The zero-order chi connectivity index (χ0) is 17.5.